The van der Waals surface area contributed by atoms with Gasteiger partial charge in [-0.25, -0.2) is 0 Å². The van der Waals surface area contributed by atoms with E-state index in [2.05, 4.69) is 20.8 Å². The molecular formula is C22H21ClN4O3S2. The number of fused-ring (bicyclic) bond motifs is 1. The van der Waals surface area contributed by atoms with Crippen LogP contribution in [0.4, 0.5) is 10.7 Å². The SMILES string of the molecule is O=C(CSc1nnc(C2CC2)o1)Nc1sc2c(c1C(=O)Nc1ccc(Cl)cc1)CCCC2. The number of thiophene rings is 1. The van der Waals surface area contributed by atoms with Gasteiger partial charge in [-0.05, 0) is 68.4 Å². The van der Waals surface area contributed by atoms with Crippen LogP contribution in [0.25, 0.3) is 0 Å². The zero-order chi connectivity index (χ0) is 22.1. The summed E-state index contributed by atoms with van der Waals surface area (Å²) in [6.07, 6.45) is 6.06. The smallest absolute Gasteiger partial charge is 0.277 e. The molecule has 2 N–H and O–H groups in total. The van der Waals surface area contributed by atoms with Crippen LogP contribution in [-0.4, -0.2) is 27.8 Å². The van der Waals surface area contributed by atoms with Crippen molar-refractivity contribution in [2.24, 2.45) is 0 Å². The molecule has 0 unspecified atom stereocenters. The number of rotatable bonds is 7. The molecule has 10 heteroatoms. The molecular weight excluding hydrogens is 468 g/mol. The molecule has 0 aliphatic heterocycles. The van der Waals surface area contributed by atoms with Crippen LogP contribution in [0.1, 0.15) is 58.3 Å². The van der Waals surface area contributed by atoms with Crippen LogP contribution in [-0.2, 0) is 17.6 Å². The molecule has 1 fully saturated rings. The Morgan fingerprint density at radius 2 is 1.91 bits per heavy atom. The van der Waals surface area contributed by atoms with E-state index in [4.69, 9.17) is 16.0 Å². The van der Waals surface area contributed by atoms with Gasteiger partial charge in [0, 0.05) is 21.5 Å². The molecule has 2 aliphatic carbocycles. The van der Waals surface area contributed by atoms with Crippen LogP contribution < -0.4 is 10.6 Å². The van der Waals surface area contributed by atoms with E-state index >= 15 is 0 Å². The molecule has 0 spiro atoms. The Hall–Kier alpha value is -2.36. The molecule has 0 radical (unpaired) electrons. The van der Waals surface area contributed by atoms with Gasteiger partial charge in [0.05, 0.1) is 11.3 Å². The molecule has 32 heavy (non-hydrogen) atoms. The van der Waals surface area contributed by atoms with Crippen molar-refractivity contribution in [1.82, 2.24) is 10.2 Å². The minimum atomic E-state index is -0.222. The van der Waals surface area contributed by atoms with Crippen molar-refractivity contribution >= 4 is 57.2 Å². The molecule has 2 amide bonds. The molecule has 2 heterocycles. The van der Waals surface area contributed by atoms with Gasteiger partial charge in [0.15, 0.2) is 0 Å². The molecule has 1 aromatic carbocycles. The Kier molecular flexibility index (Phi) is 6.21. The molecule has 0 bridgehead atoms. The van der Waals surface area contributed by atoms with Gasteiger partial charge in [-0.1, -0.05) is 23.4 Å². The molecule has 166 valence electrons. The maximum Gasteiger partial charge on any atom is 0.277 e. The second-order valence-electron chi connectivity index (χ2n) is 7.89. The number of hydrogen-bond acceptors (Lipinski definition) is 7. The summed E-state index contributed by atoms with van der Waals surface area (Å²) in [5.41, 5.74) is 2.26. The predicted molar refractivity (Wildman–Crippen MR) is 126 cm³/mol. The van der Waals surface area contributed by atoms with Crippen molar-refractivity contribution in [3.05, 3.63) is 51.2 Å². The van der Waals surface area contributed by atoms with Gasteiger partial charge in [-0.15, -0.1) is 21.5 Å². The predicted octanol–water partition coefficient (Wildman–Crippen LogP) is 5.52. The fourth-order valence-electron chi connectivity index (χ4n) is 3.68. The number of carbonyl (C=O) groups excluding carboxylic acids is 2. The van der Waals surface area contributed by atoms with Crippen LogP contribution in [0, 0.1) is 0 Å². The lowest BCUT2D eigenvalue weighted by Crippen LogP contribution is -2.19. The summed E-state index contributed by atoms with van der Waals surface area (Å²) >= 11 is 8.64. The molecule has 2 aromatic heterocycles. The number of aromatic nitrogens is 2. The summed E-state index contributed by atoms with van der Waals surface area (Å²) in [6, 6.07) is 6.97. The average molecular weight is 489 g/mol. The van der Waals surface area contributed by atoms with Crippen molar-refractivity contribution in [1.29, 1.82) is 0 Å². The van der Waals surface area contributed by atoms with Gasteiger partial charge in [0.2, 0.25) is 11.8 Å². The zero-order valence-corrected chi connectivity index (χ0v) is 19.5. The number of halogens is 1. The normalized spacial score (nSPS) is 15.3. The van der Waals surface area contributed by atoms with E-state index in [1.165, 1.54) is 28.0 Å². The third-order valence-electron chi connectivity index (χ3n) is 5.43. The van der Waals surface area contributed by atoms with Gasteiger partial charge >= 0.3 is 0 Å². The van der Waals surface area contributed by atoms with E-state index in [0.29, 0.717) is 38.3 Å². The number of benzene rings is 1. The standard InChI is InChI=1S/C22H21ClN4O3S2/c23-13-7-9-14(10-8-13)24-19(29)18-15-3-1-2-4-16(15)32-21(18)25-17(28)11-31-22-27-26-20(30-22)12-5-6-12/h7-10,12H,1-6,11H2,(H,24,29)(H,25,28). The second-order valence-corrected chi connectivity index (χ2v) is 10.4. The van der Waals surface area contributed by atoms with Gasteiger partial charge < -0.3 is 15.1 Å². The Morgan fingerprint density at radius 3 is 2.69 bits per heavy atom. The summed E-state index contributed by atoms with van der Waals surface area (Å²) in [7, 11) is 0. The highest BCUT2D eigenvalue weighted by Crippen LogP contribution is 2.40. The highest BCUT2D eigenvalue weighted by molar-refractivity contribution is 7.99. The number of nitrogens with zero attached hydrogens (tertiary/aromatic N) is 2. The average Bonchev–Trinajstić information content (AvgIpc) is 3.41. The van der Waals surface area contributed by atoms with Crippen LogP contribution in [0.15, 0.2) is 33.9 Å². The van der Waals surface area contributed by atoms with E-state index in [-0.39, 0.29) is 17.6 Å². The first-order valence-corrected chi connectivity index (χ1v) is 12.7. The van der Waals surface area contributed by atoms with E-state index in [1.54, 1.807) is 24.3 Å². The van der Waals surface area contributed by atoms with E-state index in [0.717, 1.165) is 44.1 Å². The Bertz CT molecular complexity index is 1150. The number of aryl methyl sites for hydroxylation is 1. The lowest BCUT2D eigenvalue weighted by Gasteiger charge is -2.13. The topological polar surface area (TPSA) is 97.1 Å². The Morgan fingerprint density at radius 1 is 1.12 bits per heavy atom. The quantitative estimate of drug-likeness (QED) is 0.425. The second kappa shape index (κ2) is 9.25. The van der Waals surface area contributed by atoms with Gasteiger partial charge in [-0.3, -0.25) is 9.59 Å². The molecule has 2 aliphatic rings. The Balaban J connectivity index is 1.29. The van der Waals surface area contributed by atoms with Gasteiger partial charge in [0.1, 0.15) is 5.00 Å². The lowest BCUT2D eigenvalue weighted by molar-refractivity contribution is -0.113. The van der Waals surface area contributed by atoms with Crippen molar-refractivity contribution < 1.29 is 14.0 Å². The van der Waals surface area contributed by atoms with Crippen LogP contribution in [0.2, 0.25) is 5.02 Å². The summed E-state index contributed by atoms with van der Waals surface area (Å²) in [4.78, 5) is 27.0. The number of amides is 2. The van der Waals surface area contributed by atoms with Crippen molar-refractivity contribution in [3.63, 3.8) is 0 Å². The summed E-state index contributed by atoms with van der Waals surface area (Å²) < 4.78 is 5.60. The fourth-order valence-corrected chi connectivity index (χ4v) is 5.68. The maximum absolute atomic E-state index is 13.2. The first-order chi connectivity index (χ1) is 15.6. The highest BCUT2D eigenvalue weighted by Gasteiger charge is 2.30. The first kappa shape index (κ1) is 21.5. The highest BCUT2D eigenvalue weighted by atomic mass is 35.5. The third-order valence-corrected chi connectivity index (χ3v) is 7.71. The van der Waals surface area contributed by atoms with Crippen LogP contribution >= 0.6 is 34.7 Å². The van der Waals surface area contributed by atoms with Gasteiger partial charge in [-0.2, -0.15) is 0 Å². The first-order valence-electron chi connectivity index (χ1n) is 10.5. The zero-order valence-electron chi connectivity index (χ0n) is 17.2. The third kappa shape index (κ3) is 4.84. The van der Waals surface area contributed by atoms with E-state index < -0.39 is 0 Å². The number of nitrogens with one attached hydrogen (secondary N) is 2. The molecule has 0 atom stereocenters. The minimum absolute atomic E-state index is 0.132. The summed E-state index contributed by atoms with van der Waals surface area (Å²) in [5.74, 6) is 0.735. The van der Waals surface area contributed by atoms with Crippen molar-refractivity contribution in [2.75, 3.05) is 16.4 Å². The molecule has 1 saturated carbocycles. The van der Waals surface area contributed by atoms with Crippen LogP contribution in [0.5, 0.6) is 0 Å². The largest absolute Gasteiger partial charge is 0.416 e. The number of hydrogen-bond donors (Lipinski definition) is 2. The molecule has 5 rings (SSSR count). The molecule has 3 aromatic rings. The lowest BCUT2D eigenvalue weighted by atomic mass is 9.95. The Labute approximate surface area is 198 Å². The maximum atomic E-state index is 13.2. The van der Waals surface area contributed by atoms with E-state index in [1.807, 2.05) is 0 Å². The summed E-state index contributed by atoms with van der Waals surface area (Å²) in [6.45, 7) is 0. The molecule has 0 saturated heterocycles. The van der Waals surface area contributed by atoms with Crippen molar-refractivity contribution in [2.45, 2.75) is 49.7 Å². The number of carbonyl (C=O) groups is 2. The monoisotopic (exact) mass is 488 g/mol. The number of thioether (sulfide) groups is 1. The number of anilines is 2. The van der Waals surface area contributed by atoms with Crippen LogP contribution in [0.3, 0.4) is 0 Å². The summed E-state index contributed by atoms with van der Waals surface area (Å²) in [5, 5.41) is 15.5. The minimum Gasteiger partial charge on any atom is -0.416 e. The van der Waals surface area contributed by atoms with E-state index in [9.17, 15) is 9.59 Å². The van der Waals surface area contributed by atoms with Crippen molar-refractivity contribution in [3.8, 4) is 0 Å². The molecule has 7 nitrogen and oxygen atoms in total. The fraction of sp³-hybridized carbons (Fsp3) is 0.364. The van der Waals surface area contributed by atoms with Gasteiger partial charge in [0.25, 0.3) is 11.1 Å².